The molecule has 13 heteroatoms. The van der Waals surface area contributed by atoms with E-state index < -0.39 is 33.6 Å². The lowest BCUT2D eigenvalue weighted by molar-refractivity contribution is 0.0969. The van der Waals surface area contributed by atoms with Crippen molar-refractivity contribution in [1.29, 1.82) is 0 Å². The fourth-order valence-corrected chi connectivity index (χ4v) is 6.50. The van der Waals surface area contributed by atoms with Gasteiger partial charge >= 0.3 is 5.69 Å². The standard InChI is InChI=1S/C30H33N7O5S/c1-3-4-17-36-26-27(32-29(36)35-16-10-13-22(31)18-35)34(2)30(40)37(28(26)39)19-25(38)23-14-8-9-15-24(23)33-43(41,42)20-21-11-6-5-7-12-21/h5-9,11-12,14-15,22,33H,10,13,16-20,31H2,1-2H3. The van der Waals surface area contributed by atoms with Gasteiger partial charge in [-0.25, -0.2) is 13.2 Å². The molecule has 3 N–H and O–H groups in total. The molecule has 1 aliphatic heterocycles. The van der Waals surface area contributed by atoms with Gasteiger partial charge in [0, 0.05) is 31.7 Å². The lowest BCUT2D eigenvalue weighted by Gasteiger charge is -2.31. The molecule has 1 saturated heterocycles. The predicted octanol–water partition coefficient (Wildman–Crippen LogP) is 1.67. The van der Waals surface area contributed by atoms with Crippen LogP contribution in [0.2, 0.25) is 0 Å². The summed E-state index contributed by atoms with van der Waals surface area (Å²) in [6, 6.07) is 14.7. The van der Waals surface area contributed by atoms with E-state index in [9.17, 15) is 22.8 Å². The zero-order chi connectivity index (χ0) is 30.7. The Morgan fingerprint density at radius 2 is 1.81 bits per heavy atom. The highest BCUT2D eigenvalue weighted by molar-refractivity contribution is 7.91. The van der Waals surface area contributed by atoms with Gasteiger partial charge in [0.2, 0.25) is 16.0 Å². The van der Waals surface area contributed by atoms with Crippen molar-refractivity contribution in [2.45, 2.75) is 44.6 Å². The number of benzene rings is 2. The molecule has 0 aliphatic carbocycles. The molecule has 3 heterocycles. The summed E-state index contributed by atoms with van der Waals surface area (Å²) in [6.45, 7) is 2.47. The van der Waals surface area contributed by atoms with Gasteiger partial charge < -0.3 is 10.6 Å². The second kappa shape index (κ2) is 12.3. The Hall–Kier alpha value is -4.67. The van der Waals surface area contributed by atoms with Gasteiger partial charge in [-0.05, 0) is 37.5 Å². The lowest BCUT2D eigenvalue weighted by Crippen LogP contribution is -2.44. The first-order valence-corrected chi connectivity index (χ1v) is 15.5. The molecule has 0 radical (unpaired) electrons. The maximum Gasteiger partial charge on any atom is 0.332 e. The molecular formula is C30H33N7O5S. The topological polar surface area (TPSA) is 154 Å². The highest BCUT2D eigenvalue weighted by atomic mass is 32.2. The number of fused-ring (bicyclic) bond motifs is 1. The number of aromatic nitrogens is 4. The van der Waals surface area contributed by atoms with Crippen LogP contribution in [0.5, 0.6) is 0 Å². The quantitative estimate of drug-likeness (QED) is 0.216. The number of nitrogens with two attached hydrogens (primary N) is 1. The van der Waals surface area contributed by atoms with Gasteiger partial charge in [-0.1, -0.05) is 48.4 Å². The summed E-state index contributed by atoms with van der Waals surface area (Å²) in [5.41, 5.74) is 5.79. The number of anilines is 2. The molecule has 2 aromatic carbocycles. The Morgan fingerprint density at radius 3 is 2.53 bits per heavy atom. The van der Waals surface area contributed by atoms with Crippen LogP contribution in [0.25, 0.3) is 11.2 Å². The molecule has 0 bridgehead atoms. The predicted molar refractivity (Wildman–Crippen MR) is 166 cm³/mol. The third-order valence-corrected chi connectivity index (χ3v) is 8.61. The number of sulfonamides is 1. The second-order valence-corrected chi connectivity index (χ2v) is 12.2. The van der Waals surface area contributed by atoms with Crippen molar-refractivity contribution in [3.05, 3.63) is 86.6 Å². The fraction of sp³-hybridized carbons (Fsp3) is 0.333. The average Bonchev–Trinajstić information content (AvgIpc) is 3.37. The summed E-state index contributed by atoms with van der Waals surface area (Å²) in [6.07, 6.45) is 1.73. The number of hydrogen-bond donors (Lipinski definition) is 2. The average molecular weight is 604 g/mol. The molecule has 5 rings (SSSR count). The number of Topliss-reactive ketones (excluding diaryl/α,β-unsaturated/α-hetero) is 1. The van der Waals surface area contributed by atoms with Crippen LogP contribution in [-0.2, 0) is 35.9 Å². The van der Waals surface area contributed by atoms with E-state index in [0.29, 0.717) is 24.6 Å². The summed E-state index contributed by atoms with van der Waals surface area (Å²) in [5.74, 6) is 5.39. The third kappa shape index (κ3) is 6.25. The zero-order valence-corrected chi connectivity index (χ0v) is 24.8. The number of nitrogens with zero attached hydrogens (tertiary/aromatic N) is 5. The third-order valence-electron chi connectivity index (χ3n) is 7.36. The van der Waals surface area contributed by atoms with Crippen LogP contribution >= 0.6 is 0 Å². The number of para-hydroxylation sites is 1. The summed E-state index contributed by atoms with van der Waals surface area (Å²) < 4.78 is 32.1. The highest BCUT2D eigenvalue weighted by Crippen LogP contribution is 2.23. The monoisotopic (exact) mass is 603 g/mol. The molecule has 2 aromatic heterocycles. The Balaban J connectivity index is 1.52. The molecule has 12 nitrogen and oxygen atoms in total. The van der Waals surface area contributed by atoms with Gasteiger partial charge in [-0.3, -0.25) is 28.0 Å². The van der Waals surface area contributed by atoms with Gasteiger partial charge in [-0.15, -0.1) is 5.92 Å². The smallest absolute Gasteiger partial charge is 0.332 e. The van der Waals surface area contributed by atoms with E-state index in [4.69, 9.17) is 5.73 Å². The Kier molecular flexibility index (Phi) is 8.52. The van der Waals surface area contributed by atoms with E-state index in [1.807, 2.05) is 4.90 Å². The van der Waals surface area contributed by atoms with Crippen LogP contribution in [0.15, 0.2) is 64.2 Å². The summed E-state index contributed by atoms with van der Waals surface area (Å²) in [4.78, 5) is 47.5. The molecule has 0 saturated carbocycles. The molecular weight excluding hydrogens is 570 g/mol. The number of hydrogen-bond acceptors (Lipinski definition) is 8. The summed E-state index contributed by atoms with van der Waals surface area (Å²) in [5, 5.41) is 0. The van der Waals surface area contributed by atoms with E-state index >= 15 is 0 Å². The van der Waals surface area contributed by atoms with Crippen molar-refractivity contribution < 1.29 is 13.2 Å². The molecule has 224 valence electrons. The normalized spacial score (nSPS) is 15.2. The fourth-order valence-electron chi connectivity index (χ4n) is 5.28. The molecule has 1 aliphatic rings. The number of carbonyl (C=O) groups is 1. The Bertz CT molecular complexity index is 1970. The van der Waals surface area contributed by atoms with Crippen molar-refractivity contribution in [2.24, 2.45) is 12.8 Å². The first-order chi connectivity index (χ1) is 20.6. The lowest BCUT2D eigenvalue weighted by atomic mass is 10.1. The van der Waals surface area contributed by atoms with Crippen molar-refractivity contribution in [1.82, 2.24) is 18.7 Å². The van der Waals surface area contributed by atoms with E-state index in [1.165, 1.54) is 23.7 Å². The minimum atomic E-state index is -3.87. The molecule has 1 fully saturated rings. The van der Waals surface area contributed by atoms with Gasteiger partial charge in [0.15, 0.2) is 16.9 Å². The van der Waals surface area contributed by atoms with Crippen molar-refractivity contribution in [3.8, 4) is 11.8 Å². The van der Waals surface area contributed by atoms with E-state index in [2.05, 4.69) is 21.5 Å². The van der Waals surface area contributed by atoms with E-state index in [0.717, 1.165) is 17.4 Å². The number of carbonyl (C=O) groups excluding carboxylic acids is 1. The largest absolute Gasteiger partial charge is 0.341 e. The second-order valence-electron chi connectivity index (χ2n) is 10.5. The highest BCUT2D eigenvalue weighted by Gasteiger charge is 2.27. The van der Waals surface area contributed by atoms with Crippen LogP contribution in [0.4, 0.5) is 11.6 Å². The molecule has 0 spiro atoms. The van der Waals surface area contributed by atoms with Crippen LogP contribution in [-0.4, -0.2) is 52.0 Å². The van der Waals surface area contributed by atoms with Gasteiger partial charge in [-0.2, -0.15) is 4.98 Å². The first-order valence-electron chi connectivity index (χ1n) is 13.9. The molecule has 0 amide bonds. The van der Waals surface area contributed by atoms with Crippen molar-refractivity contribution >= 4 is 38.6 Å². The van der Waals surface area contributed by atoms with Crippen molar-refractivity contribution in [2.75, 3.05) is 22.7 Å². The van der Waals surface area contributed by atoms with Gasteiger partial charge in [0.25, 0.3) is 5.56 Å². The maximum atomic E-state index is 13.9. The molecule has 43 heavy (non-hydrogen) atoms. The number of nitrogens with one attached hydrogen (secondary N) is 1. The summed E-state index contributed by atoms with van der Waals surface area (Å²) in [7, 11) is -2.38. The minimum absolute atomic E-state index is 0.0292. The molecule has 4 aromatic rings. The Morgan fingerprint density at radius 1 is 1.09 bits per heavy atom. The summed E-state index contributed by atoms with van der Waals surface area (Å²) >= 11 is 0. The molecule has 1 atom stereocenters. The number of piperidine rings is 1. The zero-order valence-electron chi connectivity index (χ0n) is 24.0. The van der Waals surface area contributed by atoms with Crippen LogP contribution in [0.3, 0.4) is 0 Å². The molecule has 1 unspecified atom stereocenters. The SMILES string of the molecule is CC#CCn1c(N2CCCC(N)C2)nc2c1c(=O)n(CC(=O)c1ccccc1NS(=O)(=O)Cc1ccccc1)c(=O)n2C. The van der Waals surface area contributed by atoms with E-state index in [1.54, 1.807) is 54.0 Å². The first kappa shape index (κ1) is 29.8. The van der Waals surface area contributed by atoms with Crippen LogP contribution in [0, 0.1) is 11.8 Å². The minimum Gasteiger partial charge on any atom is -0.341 e. The maximum absolute atomic E-state index is 13.9. The van der Waals surface area contributed by atoms with Gasteiger partial charge in [0.05, 0.1) is 24.5 Å². The van der Waals surface area contributed by atoms with Gasteiger partial charge in [0.1, 0.15) is 0 Å². The number of ketones is 1. The van der Waals surface area contributed by atoms with E-state index in [-0.39, 0.29) is 40.8 Å². The van der Waals surface area contributed by atoms with Crippen LogP contribution in [0.1, 0.15) is 35.7 Å². The number of imidazole rings is 1. The van der Waals surface area contributed by atoms with Crippen LogP contribution < -0.4 is 26.6 Å². The van der Waals surface area contributed by atoms with Crippen molar-refractivity contribution in [3.63, 3.8) is 0 Å². The number of aryl methyl sites for hydroxylation is 1. The Labute approximate surface area is 248 Å². The number of rotatable bonds is 9.